The average molecular weight is 264 g/mol. The van der Waals surface area contributed by atoms with Crippen LogP contribution in [0, 0.1) is 5.92 Å². The van der Waals surface area contributed by atoms with Gasteiger partial charge in [-0.15, -0.1) is 0 Å². The summed E-state index contributed by atoms with van der Waals surface area (Å²) in [6.07, 6.45) is 6.62. The fraction of sp³-hybridized carbons (Fsp3) is 0.800. The van der Waals surface area contributed by atoms with Crippen molar-refractivity contribution < 1.29 is 0 Å². The van der Waals surface area contributed by atoms with Crippen molar-refractivity contribution in [1.82, 2.24) is 9.55 Å². The fourth-order valence-electron chi connectivity index (χ4n) is 2.95. The second-order valence-electron chi connectivity index (χ2n) is 5.65. The first-order valence-electron chi connectivity index (χ1n) is 7.76. The molecule has 0 aromatic carbocycles. The lowest BCUT2D eigenvalue weighted by Crippen LogP contribution is -2.47. The van der Waals surface area contributed by atoms with Crippen LogP contribution in [0.4, 0.5) is 5.95 Å². The van der Waals surface area contributed by atoms with Crippen LogP contribution < -0.4 is 10.6 Å². The molecule has 0 amide bonds. The highest BCUT2D eigenvalue weighted by molar-refractivity contribution is 5.35. The van der Waals surface area contributed by atoms with E-state index in [1.54, 1.807) is 0 Å². The third-order valence-electron chi connectivity index (χ3n) is 4.23. The molecule has 1 fully saturated rings. The van der Waals surface area contributed by atoms with Gasteiger partial charge in [0.2, 0.25) is 5.95 Å². The van der Waals surface area contributed by atoms with Crippen molar-refractivity contribution in [1.29, 1.82) is 0 Å². The molecule has 2 rings (SSSR count). The van der Waals surface area contributed by atoms with Crippen molar-refractivity contribution in [3.05, 3.63) is 11.9 Å². The molecule has 0 bridgehead atoms. The number of anilines is 1. The molecule has 2 heterocycles. The summed E-state index contributed by atoms with van der Waals surface area (Å²) >= 11 is 0. The van der Waals surface area contributed by atoms with Crippen molar-refractivity contribution in [2.75, 3.05) is 18.0 Å². The molecule has 2 unspecified atom stereocenters. The Morgan fingerprint density at radius 2 is 2.16 bits per heavy atom. The lowest BCUT2D eigenvalue weighted by Gasteiger charge is -2.37. The van der Waals surface area contributed by atoms with Crippen LogP contribution in [-0.2, 0) is 13.0 Å². The standard InChI is InChI=1S/C15H28N4/c1-4-8-18-11-13(6-3)17-15(18)19-9-7-14(16)12(5-2)10-19/h11-12,14H,4-10,16H2,1-3H3. The van der Waals surface area contributed by atoms with Gasteiger partial charge in [0.05, 0.1) is 5.69 Å². The van der Waals surface area contributed by atoms with Crippen LogP contribution in [0.2, 0.25) is 0 Å². The third-order valence-corrected chi connectivity index (χ3v) is 4.23. The van der Waals surface area contributed by atoms with Crippen LogP contribution in [0.1, 0.15) is 45.7 Å². The Kier molecular flexibility index (Phi) is 4.86. The van der Waals surface area contributed by atoms with Crippen molar-refractivity contribution in [3.63, 3.8) is 0 Å². The minimum absolute atomic E-state index is 0.362. The number of rotatable bonds is 5. The SMILES string of the molecule is CCCn1cc(CC)nc1N1CCC(N)C(CC)C1. The Morgan fingerprint density at radius 1 is 1.37 bits per heavy atom. The van der Waals surface area contributed by atoms with E-state index in [2.05, 4.69) is 36.4 Å². The lowest BCUT2D eigenvalue weighted by molar-refractivity contribution is 0.343. The molecule has 1 aliphatic heterocycles. The molecule has 0 saturated carbocycles. The second kappa shape index (κ2) is 6.42. The van der Waals surface area contributed by atoms with E-state index < -0.39 is 0 Å². The van der Waals surface area contributed by atoms with Crippen LogP contribution in [0.5, 0.6) is 0 Å². The van der Waals surface area contributed by atoms with Crippen molar-refractivity contribution in [2.45, 2.75) is 59.0 Å². The van der Waals surface area contributed by atoms with Crippen molar-refractivity contribution >= 4 is 5.95 Å². The molecule has 4 nitrogen and oxygen atoms in total. The zero-order valence-corrected chi connectivity index (χ0v) is 12.6. The maximum atomic E-state index is 6.20. The van der Waals surface area contributed by atoms with Crippen LogP contribution in [0.15, 0.2) is 6.20 Å². The summed E-state index contributed by atoms with van der Waals surface area (Å²) in [6, 6.07) is 0.362. The van der Waals surface area contributed by atoms with Crippen molar-refractivity contribution in [3.8, 4) is 0 Å². The Hall–Kier alpha value is -1.03. The molecule has 0 spiro atoms. The van der Waals surface area contributed by atoms with E-state index in [1.807, 2.05) is 0 Å². The van der Waals surface area contributed by atoms with E-state index in [-0.39, 0.29) is 0 Å². The highest BCUT2D eigenvalue weighted by Gasteiger charge is 2.27. The van der Waals surface area contributed by atoms with Gasteiger partial charge in [0, 0.05) is 31.9 Å². The van der Waals surface area contributed by atoms with Gasteiger partial charge in [-0.2, -0.15) is 0 Å². The fourth-order valence-corrected chi connectivity index (χ4v) is 2.95. The molecule has 0 aliphatic carbocycles. The van der Waals surface area contributed by atoms with Gasteiger partial charge in [-0.05, 0) is 25.2 Å². The van der Waals surface area contributed by atoms with E-state index in [4.69, 9.17) is 10.7 Å². The highest BCUT2D eigenvalue weighted by atomic mass is 15.3. The molecule has 1 aliphatic rings. The highest BCUT2D eigenvalue weighted by Crippen LogP contribution is 2.24. The van der Waals surface area contributed by atoms with Crippen LogP contribution >= 0.6 is 0 Å². The number of hydrogen-bond acceptors (Lipinski definition) is 3. The zero-order chi connectivity index (χ0) is 13.8. The van der Waals surface area contributed by atoms with Gasteiger partial charge < -0.3 is 15.2 Å². The first-order chi connectivity index (χ1) is 9.19. The minimum Gasteiger partial charge on any atom is -0.342 e. The van der Waals surface area contributed by atoms with Gasteiger partial charge >= 0.3 is 0 Å². The molecule has 1 aromatic heterocycles. The van der Waals surface area contributed by atoms with Crippen molar-refractivity contribution in [2.24, 2.45) is 11.7 Å². The lowest BCUT2D eigenvalue weighted by atomic mass is 9.91. The van der Waals surface area contributed by atoms with Crippen LogP contribution in [0.25, 0.3) is 0 Å². The largest absolute Gasteiger partial charge is 0.342 e. The molecule has 0 radical (unpaired) electrons. The number of imidazole rings is 1. The maximum Gasteiger partial charge on any atom is 0.205 e. The molecule has 1 saturated heterocycles. The number of hydrogen-bond donors (Lipinski definition) is 1. The molecule has 2 atom stereocenters. The molecule has 4 heteroatoms. The topological polar surface area (TPSA) is 47.1 Å². The Labute approximate surface area is 117 Å². The zero-order valence-electron chi connectivity index (χ0n) is 12.6. The molecular formula is C15H28N4. The molecule has 1 aromatic rings. The number of nitrogens with zero attached hydrogens (tertiary/aromatic N) is 3. The third kappa shape index (κ3) is 3.11. The average Bonchev–Trinajstić information content (AvgIpc) is 2.83. The monoisotopic (exact) mass is 264 g/mol. The van der Waals surface area contributed by atoms with Gasteiger partial charge in [-0.3, -0.25) is 0 Å². The van der Waals surface area contributed by atoms with Gasteiger partial charge in [-0.1, -0.05) is 27.2 Å². The van der Waals surface area contributed by atoms with Gasteiger partial charge in [0.15, 0.2) is 0 Å². The quantitative estimate of drug-likeness (QED) is 0.888. The number of nitrogens with two attached hydrogens (primary N) is 1. The first-order valence-corrected chi connectivity index (χ1v) is 7.76. The summed E-state index contributed by atoms with van der Waals surface area (Å²) in [7, 11) is 0. The van der Waals surface area contributed by atoms with E-state index >= 15 is 0 Å². The number of aromatic nitrogens is 2. The van der Waals surface area contributed by atoms with Gasteiger partial charge in [0.1, 0.15) is 0 Å². The van der Waals surface area contributed by atoms with E-state index in [0.717, 1.165) is 51.3 Å². The summed E-state index contributed by atoms with van der Waals surface area (Å²) in [5.41, 5.74) is 7.40. The van der Waals surface area contributed by atoms with E-state index in [9.17, 15) is 0 Å². The number of aryl methyl sites for hydroxylation is 2. The molecule has 2 N–H and O–H groups in total. The second-order valence-corrected chi connectivity index (χ2v) is 5.65. The predicted octanol–water partition coefficient (Wildman–Crippen LogP) is 2.42. The summed E-state index contributed by atoms with van der Waals surface area (Å²) in [5, 5.41) is 0. The Balaban J connectivity index is 2.18. The Morgan fingerprint density at radius 3 is 2.79 bits per heavy atom. The number of piperidine rings is 1. The molecule has 108 valence electrons. The van der Waals surface area contributed by atoms with Gasteiger partial charge in [0.25, 0.3) is 0 Å². The first kappa shape index (κ1) is 14.4. The van der Waals surface area contributed by atoms with E-state index in [0.29, 0.717) is 12.0 Å². The molecule has 19 heavy (non-hydrogen) atoms. The predicted molar refractivity (Wildman–Crippen MR) is 80.5 cm³/mol. The smallest absolute Gasteiger partial charge is 0.205 e. The molecular weight excluding hydrogens is 236 g/mol. The Bertz CT molecular complexity index is 399. The normalized spacial score (nSPS) is 23.9. The van der Waals surface area contributed by atoms with E-state index in [1.165, 1.54) is 5.69 Å². The van der Waals surface area contributed by atoms with Gasteiger partial charge in [-0.25, -0.2) is 4.98 Å². The summed E-state index contributed by atoms with van der Waals surface area (Å²) < 4.78 is 2.32. The summed E-state index contributed by atoms with van der Waals surface area (Å²) in [4.78, 5) is 7.25. The van der Waals surface area contributed by atoms with Crippen LogP contribution in [0.3, 0.4) is 0 Å². The van der Waals surface area contributed by atoms with Crippen LogP contribution in [-0.4, -0.2) is 28.7 Å². The minimum atomic E-state index is 0.362. The maximum absolute atomic E-state index is 6.20. The summed E-state index contributed by atoms with van der Waals surface area (Å²) in [6.45, 7) is 9.79. The summed E-state index contributed by atoms with van der Waals surface area (Å²) in [5.74, 6) is 1.76.